The Morgan fingerprint density at radius 3 is 1.03 bits per heavy atom. The Balaban J connectivity index is 2.20. The SMILES string of the molecule is CO[Si]1(C)O[Si]2(C)O[Si](C)(O[Si](C)(C)C)O[Si]3(C)O[Si@](C)(O[Si](C)(C)O[Si](C)(C)C)O[Si](C)(O1)O[Si@@](C)(O2)O3. The summed E-state index contributed by atoms with van der Waals surface area (Å²) in [7, 11) is -30.5. The maximum atomic E-state index is 6.82. The Hall–Kier alpha value is 1.65. The van der Waals surface area contributed by atoms with Crippen molar-refractivity contribution in [3.8, 4) is 0 Å². The highest BCUT2D eigenvalue weighted by atomic mass is 28.6. The van der Waals surface area contributed by atoms with Gasteiger partial charge >= 0.3 is 70.2 Å². The van der Waals surface area contributed by atoms with Crippen LogP contribution in [0.1, 0.15) is 0 Å². The molecule has 3 aliphatic rings. The van der Waals surface area contributed by atoms with Crippen LogP contribution in [0, 0.1) is 0 Å². The van der Waals surface area contributed by atoms with Crippen molar-refractivity contribution in [3.05, 3.63) is 0 Å². The molecule has 23 heteroatoms. The number of hydrogen-bond donors (Lipinski definition) is 0. The van der Waals surface area contributed by atoms with Crippen LogP contribution in [0.2, 0.25) is 98.2 Å². The van der Waals surface area contributed by atoms with E-state index >= 15 is 0 Å². The molecule has 0 aromatic heterocycles. The molecule has 0 aromatic carbocycles. The van der Waals surface area contributed by atoms with Gasteiger partial charge in [0.1, 0.15) is 0 Å². The highest BCUT2D eigenvalue weighted by molar-refractivity contribution is 6.99. The summed E-state index contributed by atoms with van der Waals surface area (Å²) < 4.78 is 85.9. The number of hydrogen-bond acceptors (Lipinski definition) is 13. The number of rotatable bonds is 7. The maximum Gasteiger partial charge on any atom is 0.482 e. The zero-order valence-corrected chi connectivity index (χ0v) is 36.3. The molecule has 3 saturated heterocycles. The van der Waals surface area contributed by atoms with Gasteiger partial charge in [-0.3, -0.25) is 0 Å². The van der Waals surface area contributed by atoms with E-state index < -0.39 is 86.8 Å². The van der Waals surface area contributed by atoms with Gasteiger partial charge in [-0.2, -0.15) is 0 Å². The maximum absolute atomic E-state index is 6.82. The van der Waals surface area contributed by atoms with Crippen LogP contribution in [0.25, 0.3) is 0 Å². The van der Waals surface area contributed by atoms with E-state index in [1.807, 2.05) is 19.6 Å². The van der Waals surface area contributed by atoms with Crippen LogP contribution in [0.4, 0.5) is 0 Å². The molecule has 0 saturated carbocycles. The van der Waals surface area contributed by atoms with Gasteiger partial charge in [-0.15, -0.1) is 0 Å². The molecule has 4 bridgehead atoms. The lowest BCUT2D eigenvalue weighted by atomic mass is 11.8. The van der Waals surface area contributed by atoms with Crippen molar-refractivity contribution in [1.82, 2.24) is 0 Å². The van der Waals surface area contributed by atoms with Crippen LogP contribution in [0.5, 0.6) is 0 Å². The topological polar surface area (TPSA) is 120 Å². The Morgan fingerprint density at radius 2 is 0.718 bits per heavy atom. The first kappa shape index (κ1) is 35.1. The predicted octanol–water partition coefficient (Wildman–Crippen LogP) is 4.23. The van der Waals surface area contributed by atoms with Crippen molar-refractivity contribution in [2.24, 2.45) is 0 Å². The molecule has 3 aliphatic heterocycles. The summed E-state index contributed by atoms with van der Waals surface area (Å²) in [5.74, 6) is 0. The van der Waals surface area contributed by atoms with Crippen LogP contribution >= 0.6 is 0 Å². The molecule has 230 valence electrons. The molecule has 0 aromatic rings. The fraction of sp³-hybridized carbons (Fsp3) is 1.00. The Morgan fingerprint density at radius 1 is 0.410 bits per heavy atom. The molecule has 3 heterocycles. The van der Waals surface area contributed by atoms with Gasteiger partial charge < -0.3 is 53.8 Å². The lowest BCUT2D eigenvalue weighted by Gasteiger charge is -2.55. The molecular formula is C16H48O13Si10. The lowest BCUT2D eigenvalue weighted by molar-refractivity contribution is 0.0185. The molecule has 0 spiro atoms. The molecule has 7 atom stereocenters. The molecule has 0 amide bonds. The van der Waals surface area contributed by atoms with Crippen molar-refractivity contribution >= 4 is 86.8 Å². The Labute approximate surface area is 245 Å². The van der Waals surface area contributed by atoms with Crippen molar-refractivity contribution < 1.29 is 53.8 Å². The van der Waals surface area contributed by atoms with Gasteiger partial charge in [0.05, 0.1) is 0 Å². The van der Waals surface area contributed by atoms with Crippen LogP contribution in [0.15, 0.2) is 0 Å². The normalized spacial score (nSPS) is 46.2. The van der Waals surface area contributed by atoms with Crippen molar-refractivity contribution in [1.29, 1.82) is 0 Å². The van der Waals surface area contributed by atoms with Crippen molar-refractivity contribution in [3.63, 3.8) is 0 Å². The minimum Gasteiger partial charge on any atom is -0.437 e. The van der Waals surface area contributed by atoms with E-state index in [-0.39, 0.29) is 0 Å². The molecule has 3 rings (SSSR count). The first-order chi connectivity index (χ1) is 17.0. The second-order valence-electron chi connectivity index (χ2n) is 13.1. The fourth-order valence-corrected chi connectivity index (χ4v) is 54.9. The Bertz CT molecular complexity index is 942. The van der Waals surface area contributed by atoms with E-state index in [0.717, 1.165) is 0 Å². The average molecular weight is 729 g/mol. The van der Waals surface area contributed by atoms with E-state index in [0.29, 0.717) is 0 Å². The number of fused-ring (bicyclic) bond motifs is 3. The standard InChI is InChI=1S/C16H48O13Si10/c1-17-33(10)21-36(13)23-34(11,19-31(5,6)7)24-38(15)26-35(12,20-32(8,9)18-30(2,3)4)25-37(14,22-33)28-39(16,27-36)29-38/h1-16H3/t33?,34?,35-,36?,37?,38?,39-/m1/s1. The molecule has 39 heavy (non-hydrogen) atoms. The summed E-state index contributed by atoms with van der Waals surface area (Å²) in [5.41, 5.74) is 0. The van der Waals surface area contributed by atoms with E-state index in [4.69, 9.17) is 53.8 Å². The largest absolute Gasteiger partial charge is 0.482 e. The van der Waals surface area contributed by atoms with E-state index in [2.05, 4.69) is 39.3 Å². The summed E-state index contributed by atoms with van der Waals surface area (Å²) in [4.78, 5) is 0. The Kier molecular flexibility index (Phi) is 9.57. The smallest absolute Gasteiger partial charge is 0.437 e. The van der Waals surface area contributed by atoms with E-state index in [9.17, 15) is 0 Å². The third-order valence-electron chi connectivity index (χ3n) is 5.18. The molecule has 5 unspecified atom stereocenters. The minimum atomic E-state index is -3.66. The monoisotopic (exact) mass is 728 g/mol. The van der Waals surface area contributed by atoms with Crippen molar-refractivity contribution in [2.75, 3.05) is 7.11 Å². The highest BCUT2D eigenvalue weighted by Gasteiger charge is 2.73. The van der Waals surface area contributed by atoms with Gasteiger partial charge in [-0.1, -0.05) is 0 Å². The third-order valence-corrected chi connectivity index (χ3v) is 44.4. The zero-order valence-electron chi connectivity index (χ0n) is 26.3. The van der Waals surface area contributed by atoms with Gasteiger partial charge in [-0.05, 0) is 52.4 Å². The van der Waals surface area contributed by atoms with Gasteiger partial charge in [0.2, 0.25) is 0 Å². The predicted molar refractivity (Wildman–Crippen MR) is 166 cm³/mol. The fourth-order valence-electron chi connectivity index (χ4n) is 5.27. The minimum absolute atomic E-state index is 1.53. The second-order valence-corrected chi connectivity index (χ2v) is 46.6. The first-order valence-electron chi connectivity index (χ1n) is 13.0. The molecular weight excluding hydrogens is 681 g/mol. The second kappa shape index (κ2) is 10.6. The summed E-state index contributed by atoms with van der Waals surface area (Å²) in [6.07, 6.45) is 0. The lowest BCUT2D eigenvalue weighted by Crippen LogP contribution is -2.80. The summed E-state index contributed by atoms with van der Waals surface area (Å²) in [6.45, 7) is 29.0. The summed E-state index contributed by atoms with van der Waals surface area (Å²) >= 11 is 0. The highest BCUT2D eigenvalue weighted by Crippen LogP contribution is 2.43. The molecule has 13 nitrogen and oxygen atoms in total. The van der Waals surface area contributed by atoms with Crippen molar-refractivity contribution in [2.45, 2.75) is 98.2 Å². The molecule has 0 radical (unpaired) electrons. The van der Waals surface area contributed by atoms with Crippen LogP contribution < -0.4 is 0 Å². The molecule has 3 fully saturated rings. The van der Waals surface area contributed by atoms with Gasteiger partial charge in [-0.25, -0.2) is 0 Å². The van der Waals surface area contributed by atoms with Crippen LogP contribution in [0.3, 0.4) is 0 Å². The summed E-state index contributed by atoms with van der Waals surface area (Å²) in [6, 6.07) is 0. The van der Waals surface area contributed by atoms with Gasteiger partial charge in [0.15, 0.2) is 16.6 Å². The van der Waals surface area contributed by atoms with Gasteiger partial charge in [0, 0.05) is 52.9 Å². The first-order valence-corrected chi connectivity index (χ1v) is 38.2. The van der Waals surface area contributed by atoms with Gasteiger partial charge in [0.25, 0.3) is 0 Å². The third kappa shape index (κ3) is 9.57. The van der Waals surface area contributed by atoms with Crippen LogP contribution in [-0.2, 0) is 53.8 Å². The quantitative estimate of drug-likeness (QED) is 0.349. The van der Waals surface area contributed by atoms with E-state index in [1.165, 1.54) is 7.11 Å². The molecule has 0 aliphatic carbocycles. The average Bonchev–Trinajstić information content (AvgIpc) is 2.49. The van der Waals surface area contributed by atoms with E-state index in [1.54, 1.807) is 39.3 Å². The zero-order chi connectivity index (χ0) is 30.2. The summed E-state index contributed by atoms with van der Waals surface area (Å²) in [5, 5.41) is 0. The van der Waals surface area contributed by atoms with Crippen LogP contribution in [-0.4, -0.2) is 93.9 Å². The molecule has 0 N–H and O–H groups in total.